The molecule has 0 saturated heterocycles. The summed E-state index contributed by atoms with van der Waals surface area (Å²) in [6.07, 6.45) is 7.87. The molecule has 5 heteroatoms. The summed E-state index contributed by atoms with van der Waals surface area (Å²) in [5.74, 6) is -0.839. The second-order valence-electron chi connectivity index (χ2n) is 4.32. The van der Waals surface area contributed by atoms with Crippen molar-refractivity contribution in [1.29, 1.82) is 0 Å². The lowest BCUT2D eigenvalue weighted by atomic mass is 10.1. The second kappa shape index (κ2) is 5.65. The van der Waals surface area contributed by atoms with Gasteiger partial charge in [-0.05, 0) is 31.6 Å². The van der Waals surface area contributed by atoms with Crippen molar-refractivity contribution in [2.24, 2.45) is 17.4 Å². The highest BCUT2D eigenvalue weighted by atomic mass is 16.4. The summed E-state index contributed by atoms with van der Waals surface area (Å²) in [5.41, 5.74) is 11.3. The molecule has 1 fully saturated rings. The smallest absolute Gasteiger partial charge is 0.321 e. The maximum Gasteiger partial charge on any atom is 0.321 e. The van der Waals surface area contributed by atoms with Crippen molar-refractivity contribution in [2.75, 3.05) is 0 Å². The van der Waals surface area contributed by atoms with Crippen LogP contribution in [0.5, 0.6) is 0 Å². The number of carbonyl (C=O) groups excluding carboxylic acids is 1. The third-order valence-electron chi connectivity index (χ3n) is 2.90. The Morgan fingerprint density at radius 1 is 1.56 bits per heavy atom. The topological polar surface area (TPSA) is 106 Å². The van der Waals surface area contributed by atoms with E-state index < -0.39 is 17.9 Å². The van der Waals surface area contributed by atoms with Crippen LogP contribution < -0.4 is 11.5 Å². The number of hydrogen-bond donors (Lipinski definition) is 3. The minimum atomic E-state index is -1.21. The Bertz CT molecular complexity index is 312. The summed E-state index contributed by atoms with van der Waals surface area (Å²) >= 11 is 0. The zero-order valence-corrected chi connectivity index (χ0v) is 9.19. The van der Waals surface area contributed by atoms with Gasteiger partial charge in [0, 0.05) is 0 Å². The fourth-order valence-corrected chi connectivity index (χ4v) is 1.99. The Labute approximate surface area is 94.5 Å². The minimum Gasteiger partial charge on any atom is -0.480 e. The molecule has 0 aliphatic heterocycles. The van der Waals surface area contributed by atoms with Crippen molar-refractivity contribution >= 4 is 11.9 Å². The first kappa shape index (κ1) is 12.7. The number of hydrogen-bond acceptors (Lipinski definition) is 3. The van der Waals surface area contributed by atoms with Gasteiger partial charge in [0.15, 0.2) is 0 Å². The molecule has 0 aromatic carbocycles. The summed E-state index contributed by atoms with van der Waals surface area (Å²) in [7, 11) is 0. The molecule has 0 heterocycles. The van der Waals surface area contributed by atoms with Crippen LogP contribution in [0, 0.1) is 5.92 Å². The largest absolute Gasteiger partial charge is 0.480 e. The SMILES string of the molecule is C1=C2CCC(C1)C2.NC(=O)CC(N)C(=O)O. The fraction of sp³-hybridized carbons (Fsp3) is 0.636. The van der Waals surface area contributed by atoms with E-state index in [1.165, 1.54) is 25.7 Å². The second-order valence-corrected chi connectivity index (χ2v) is 4.32. The van der Waals surface area contributed by atoms with Gasteiger partial charge in [-0.1, -0.05) is 11.6 Å². The van der Waals surface area contributed by atoms with Gasteiger partial charge in [-0.25, -0.2) is 0 Å². The Morgan fingerprint density at radius 2 is 2.25 bits per heavy atom. The monoisotopic (exact) mass is 226 g/mol. The molecule has 2 atom stereocenters. The van der Waals surface area contributed by atoms with Gasteiger partial charge in [-0.15, -0.1) is 0 Å². The van der Waals surface area contributed by atoms with Crippen LogP contribution in [-0.4, -0.2) is 23.0 Å². The van der Waals surface area contributed by atoms with Crippen LogP contribution in [0.25, 0.3) is 0 Å². The van der Waals surface area contributed by atoms with E-state index >= 15 is 0 Å². The lowest BCUT2D eigenvalue weighted by Crippen LogP contribution is -2.34. The number of rotatable bonds is 3. The summed E-state index contributed by atoms with van der Waals surface area (Å²) in [4.78, 5) is 19.9. The van der Waals surface area contributed by atoms with Gasteiger partial charge in [0.25, 0.3) is 0 Å². The summed E-state index contributed by atoms with van der Waals surface area (Å²) in [6, 6.07) is -1.16. The van der Waals surface area contributed by atoms with Crippen molar-refractivity contribution in [3.63, 3.8) is 0 Å². The quantitative estimate of drug-likeness (QED) is 0.605. The van der Waals surface area contributed by atoms with Gasteiger partial charge < -0.3 is 16.6 Å². The molecule has 2 unspecified atom stereocenters. The molecule has 0 spiro atoms. The van der Waals surface area contributed by atoms with Crippen molar-refractivity contribution in [2.45, 2.75) is 38.1 Å². The molecule has 2 bridgehead atoms. The number of carbonyl (C=O) groups is 2. The van der Waals surface area contributed by atoms with Crippen LogP contribution in [-0.2, 0) is 9.59 Å². The minimum absolute atomic E-state index is 0.310. The van der Waals surface area contributed by atoms with E-state index in [1.54, 1.807) is 5.57 Å². The molecule has 2 aliphatic rings. The fourth-order valence-electron chi connectivity index (χ4n) is 1.99. The summed E-state index contributed by atoms with van der Waals surface area (Å²) < 4.78 is 0. The van der Waals surface area contributed by atoms with Crippen LogP contribution in [0.15, 0.2) is 11.6 Å². The molecule has 0 aromatic heterocycles. The molecule has 0 radical (unpaired) electrons. The number of allylic oxidation sites excluding steroid dienone is 2. The molecule has 5 nitrogen and oxygen atoms in total. The van der Waals surface area contributed by atoms with Gasteiger partial charge in [0.05, 0.1) is 6.42 Å². The highest BCUT2D eigenvalue weighted by molar-refractivity contribution is 5.83. The van der Waals surface area contributed by atoms with E-state index in [1.807, 2.05) is 0 Å². The zero-order chi connectivity index (χ0) is 12.1. The van der Waals surface area contributed by atoms with Crippen molar-refractivity contribution in [3.05, 3.63) is 11.6 Å². The molecular formula is C11H18N2O3. The van der Waals surface area contributed by atoms with E-state index in [0.29, 0.717) is 0 Å². The average Bonchev–Trinajstić information content (AvgIpc) is 2.80. The van der Waals surface area contributed by atoms with Gasteiger partial charge in [0.2, 0.25) is 5.91 Å². The predicted octanol–water partition coefficient (Wildman–Crippen LogP) is 0.390. The summed E-state index contributed by atoms with van der Waals surface area (Å²) in [6.45, 7) is 0. The van der Waals surface area contributed by atoms with Crippen LogP contribution >= 0.6 is 0 Å². The van der Waals surface area contributed by atoms with Crippen molar-refractivity contribution in [1.82, 2.24) is 0 Å². The first-order chi connectivity index (χ1) is 7.49. The number of nitrogens with two attached hydrogens (primary N) is 2. The zero-order valence-electron chi connectivity index (χ0n) is 9.19. The Hall–Kier alpha value is -1.36. The van der Waals surface area contributed by atoms with Gasteiger partial charge in [-0.2, -0.15) is 0 Å². The average molecular weight is 226 g/mol. The molecule has 1 amide bonds. The number of amides is 1. The molecule has 16 heavy (non-hydrogen) atoms. The third kappa shape index (κ3) is 4.02. The molecule has 2 rings (SSSR count). The molecule has 1 saturated carbocycles. The number of carboxylic acids is 1. The van der Waals surface area contributed by atoms with Crippen LogP contribution in [0.4, 0.5) is 0 Å². The van der Waals surface area contributed by atoms with E-state index in [2.05, 4.69) is 11.8 Å². The number of fused-ring (bicyclic) bond motifs is 2. The number of primary amides is 1. The number of carboxylic acid groups (broad SMARTS) is 1. The van der Waals surface area contributed by atoms with Crippen LogP contribution in [0.2, 0.25) is 0 Å². The van der Waals surface area contributed by atoms with Gasteiger partial charge >= 0.3 is 5.97 Å². The van der Waals surface area contributed by atoms with E-state index in [4.69, 9.17) is 10.8 Å². The Morgan fingerprint density at radius 3 is 2.38 bits per heavy atom. The normalized spacial score (nSPS) is 23.1. The molecular weight excluding hydrogens is 208 g/mol. The molecule has 2 aliphatic carbocycles. The summed E-state index contributed by atoms with van der Waals surface area (Å²) in [5, 5.41) is 8.10. The Kier molecular flexibility index (Phi) is 4.49. The van der Waals surface area contributed by atoms with Gasteiger partial charge in [-0.3, -0.25) is 9.59 Å². The maximum absolute atomic E-state index is 9.99. The first-order valence-electron chi connectivity index (χ1n) is 5.43. The lowest BCUT2D eigenvalue weighted by molar-refractivity contribution is -0.140. The highest BCUT2D eigenvalue weighted by Crippen LogP contribution is 2.38. The lowest BCUT2D eigenvalue weighted by Gasteiger charge is -1.99. The predicted molar refractivity (Wildman–Crippen MR) is 59.5 cm³/mol. The maximum atomic E-state index is 9.99. The standard InChI is InChI=1S/C7H10.C4H8N2O3/c1-2-7-4-3-6(1)5-7;5-2(4(8)9)1-3(6)7/h1,7H,2-5H2;2H,1,5H2,(H2,6,7)(H,8,9). The van der Waals surface area contributed by atoms with E-state index in [9.17, 15) is 9.59 Å². The van der Waals surface area contributed by atoms with E-state index in [-0.39, 0.29) is 6.42 Å². The molecule has 90 valence electrons. The van der Waals surface area contributed by atoms with Crippen molar-refractivity contribution in [3.8, 4) is 0 Å². The molecule has 0 aromatic rings. The van der Waals surface area contributed by atoms with Crippen LogP contribution in [0.3, 0.4) is 0 Å². The Balaban J connectivity index is 0.000000163. The highest BCUT2D eigenvalue weighted by Gasteiger charge is 2.22. The van der Waals surface area contributed by atoms with Gasteiger partial charge in [0.1, 0.15) is 6.04 Å². The number of aliphatic carboxylic acids is 1. The van der Waals surface area contributed by atoms with E-state index in [0.717, 1.165) is 5.92 Å². The van der Waals surface area contributed by atoms with Crippen molar-refractivity contribution < 1.29 is 14.7 Å². The first-order valence-corrected chi connectivity index (χ1v) is 5.43. The third-order valence-corrected chi connectivity index (χ3v) is 2.90. The molecule has 5 N–H and O–H groups in total. The van der Waals surface area contributed by atoms with Crippen LogP contribution in [0.1, 0.15) is 32.1 Å².